The zero-order valence-corrected chi connectivity index (χ0v) is 14.9. The second-order valence-corrected chi connectivity index (χ2v) is 7.31. The Morgan fingerprint density at radius 1 is 1.32 bits per heavy atom. The van der Waals surface area contributed by atoms with Crippen LogP contribution in [0.15, 0.2) is 36.7 Å². The van der Waals surface area contributed by atoms with Gasteiger partial charge in [0, 0.05) is 19.5 Å². The van der Waals surface area contributed by atoms with Crippen molar-refractivity contribution < 1.29 is 4.79 Å². The lowest BCUT2D eigenvalue weighted by Crippen LogP contribution is -2.69. The van der Waals surface area contributed by atoms with Crippen molar-refractivity contribution in [1.82, 2.24) is 25.0 Å². The molecule has 0 spiro atoms. The highest BCUT2D eigenvalue weighted by molar-refractivity contribution is 5.77. The second kappa shape index (κ2) is 6.17. The van der Waals surface area contributed by atoms with E-state index in [4.69, 9.17) is 0 Å². The monoisotopic (exact) mass is 339 g/mol. The van der Waals surface area contributed by atoms with Crippen molar-refractivity contribution in [2.24, 2.45) is 13.0 Å². The SMILES string of the molecule is C[C@H](NC(=O)N1C[C@H]2CCCC[C@@]21c1ccccc1)c1nncn1C. The van der Waals surface area contributed by atoms with E-state index in [-0.39, 0.29) is 17.6 Å². The van der Waals surface area contributed by atoms with Gasteiger partial charge in [0.15, 0.2) is 5.82 Å². The minimum atomic E-state index is -0.171. The standard InChI is InChI=1S/C19H25N5O/c1-14(17-22-20-13-23(17)2)21-18(25)24-12-16-10-6-7-11-19(16,24)15-8-4-3-5-9-15/h3-5,8-9,13-14,16H,6-7,10-12H2,1-2H3,(H,21,25)/t14-,16+,19+/m0/s1. The third-order valence-corrected chi connectivity index (χ3v) is 5.91. The number of hydrogen-bond donors (Lipinski definition) is 1. The molecule has 2 aliphatic rings. The van der Waals surface area contributed by atoms with Gasteiger partial charge in [-0.05, 0) is 25.3 Å². The lowest BCUT2D eigenvalue weighted by molar-refractivity contribution is -0.0799. The number of nitrogens with zero attached hydrogens (tertiary/aromatic N) is 4. The molecule has 25 heavy (non-hydrogen) atoms. The van der Waals surface area contributed by atoms with Crippen molar-refractivity contribution >= 4 is 6.03 Å². The van der Waals surface area contributed by atoms with Crippen molar-refractivity contribution in [2.75, 3.05) is 6.54 Å². The molecule has 0 unspecified atom stereocenters. The van der Waals surface area contributed by atoms with Crippen LogP contribution in [0.5, 0.6) is 0 Å². The van der Waals surface area contributed by atoms with E-state index < -0.39 is 0 Å². The van der Waals surface area contributed by atoms with Crippen LogP contribution in [-0.2, 0) is 12.6 Å². The molecule has 1 aliphatic carbocycles. The maximum Gasteiger partial charge on any atom is 0.318 e. The molecule has 6 heteroatoms. The topological polar surface area (TPSA) is 63.1 Å². The highest BCUT2D eigenvalue weighted by Crippen LogP contribution is 2.53. The number of benzene rings is 1. The zero-order valence-electron chi connectivity index (χ0n) is 14.9. The minimum absolute atomic E-state index is 0.00231. The molecule has 2 aromatic rings. The number of carbonyl (C=O) groups excluding carboxylic acids is 1. The average molecular weight is 339 g/mol. The number of carbonyl (C=O) groups is 1. The lowest BCUT2D eigenvalue weighted by atomic mass is 9.62. The van der Waals surface area contributed by atoms with Gasteiger partial charge >= 0.3 is 6.03 Å². The number of nitrogens with one attached hydrogen (secondary N) is 1. The molecule has 1 aromatic heterocycles. The van der Waals surface area contributed by atoms with Crippen molar-refractivity contribution in [1.29, 1.82) is 0 Å². The molecule has 1 saturated carbocycles. The first-order chi connectivity index (χ1) is 12.1. The Morgan fingerprint density at radius 3 is 2.80 bits per heavy atom. The Balaban J connectivity index is 1.57. The van der Waals surface area contributed by atoms with Gasteiger partial charge in [-0.2, -0.15) is 0 Å². The molecule has 1 aliphatic heterocycles. The van der Waals surface area contributed by atoms with Crippen molar-refractivity contribution in [3.05, 3.63) is 48.0 Å². The van der Waals surface area contributed by atoms with Gasteiger partial charge in [-0.1, -0.05) is 43.2 Å². The molecule has 4 rings (SSSR count). The van der Waals surface area contributed by atoms with Gasteiger partial charge in [-0.25, -0.2) is 4.79 Å². The normalized spacial score (nSPS) is 26.5. The number of aromatic nitrogens is 3. The highest BCUT2D eigenvalue weighted by Gasteiger charge is 2.57. The summed E-state index contributed by atoms with van der Waals surface area (Å²) in [7, 11) is 1.89. The summed E-state index contributed by atoms with van der Waals surface area (Å²) in [6, 6.07) is 10.4. The van der Waals surface area contributed by atoms with Gasteiger partial charge in [0.2, 0.25) is 0 Å². The van der Waals surface area contributed by atoms with E-state index in [1.165, 1.54) is 24.8 Å². The van der Waals surface area contributed by atoms with Gasteiger partial charge in [-0.15, -0.1) is 10.2 Å². The molecule has 2 fully saturated rings. The van der Waals surface area contributed by atoms with Crippen LogP contribution >= 0.6 is 0 Å². The van der Waals surface area contributed by atoms with Crippen molar-refractivity contribution in [2.45, 2.75) is 44.2 Å². The molecule has 2 heterocycles. The smallest absolute Gasteiger partial charge is 0.318 e. The molecule has 1 saturated heterocycles. The van der Waals surface area contributed by atoms with Crippen LogP contribution in [0.25, 0.3) is 0 Å². The average Bonchev–Trinajstić information content (AvgIpc) is 3.03. The van der Waals surface area contributed by atoms with Gasteiger partial charge in [0.25, 0.3) is 0 Å². The van der Waals surface area contributed by atoms with E-state index in [1.807, 2.05) is 29.5 Å². The highest BCUT2D eigenvalue weighted by atomic mass is 16.2. The maximum atomic E-state index is 13.0. The third-order valence-electron chi connectivity index (χ3n) is 5.91. The summed E-state index contributed by atoms with van der Waals surface area (Å²) in [4.78, 5) is 15.1. The number of rotatable bonds is 3. The van der Waals surface area contributed by atoms with E-state index in [2.05, 4.69) is 39.8 Å². The Bertz CT molecular complexity index is 758. The molecular weight excluding hydrogens is 314 g/mol. The maximum absolute atomic E-state index is 13.0. The Kier molecular flexibility index (Phi) is 3.98. The predicted octanol–water partition coefficient (Wildman–Crippen LogP) is 2.99. The Morgan fingerprint density at radius 2 is 2.12 bits per heavy atom. The fourth-order valence-corrected chi connectivity index (χ4v) is 4.64. The molecule has 1 aromatic carbocycles. The summed E-state index contributed by atoms with van der Waals surface area (Å²) in [6.07, 6.45) is 6.35. The molecule has 2 amide bonds. The summed E-state index contributed by atoms with van der Waals surface area (Å²) >= 11 is 0. The van der Waals surface area contributed by atoms with Crippen LogP contribution in [0.1, 0.15) is 50.0 Å². The van der Waals surface area contributed by atoms with Crippen LogP contribution in [0.2, 0.25) is 0 Å². The summed E-state index contributed by atoms with van der Waals surface area (Å²) in [5, 5.41) is 11.1. The Hall–Kier alpha value is -2.37. The molecule has 132 valence electrons. The Labute approximate surface area is 148 Å². The predicted molar refractivity (Wildman–Crippen MR) is 94.7 cm³/mol. The first-order valence-corrected chi connectivity index (χ1v) is 9.10. The van der Waals surface area contributed by atoms with E-state index in [1.54, 1.807) is 6.33 Å². The molecule has 6 nitrogen and oxygen atoms in total. The van der Waals surface area contributed by atoms with Gasteiger partial charge in [0.1, 0.15) is 6.33 Å². The lowest BCUT2D eigenvalue weighted by Gasteiger charge is -2.61. The molecule has 3 atom stereocenters. The summed E-state index contributed by atoms with van der Waals surface area (Å²) < 4.78 is 1.84. The number of likely N-dealkylation sites (tertiary alicyclic amines) is 1. The van der Waals surface area contributed by atoms with Crippen LogP contribution in [0.4, 0.5) is 4.79 Å². The van der Waals surface area contributed by atoms with E-state index in [0.717, 1.165) is 18.8 Å². The van der Waals surface area contributed by atoms with Crippen LogP contribution < -0.4 is 5.32 Å². The van der Waals surface area contributed by atoms with E-state index in [9.17, 15) is 4.79 Å². The number of aryl methyl sites for hydroxylation is 1. The number of fused-ring (bicyclic) bond motifs is 1. The summed E-state index contributed by atoms with van der Waals surface area (Å²) in [5.74, 6) is 1.34. The summed E-state index contributed by atoms with van der Waals surface area (Å²) in [5.41, 5.74) is 1.14. The zero-order chi connectivity index (χ0) is 17.4. The van der Waals surface area contributed by atoms with E-state index >= 15 is 0 Å². The first kappa shape index (κ1) is 16.1. The largest absolute Gasteiger partial charge is 0.328 e. The molecule has 0 radical (unpaired) electrons. The fraction of sp³-hybridized carbons (Fsp3) is 0.526. The van der Waals surface area contributed by atoms with Crippen LogP contribution in [-0.4, -0.2) is 32.2 Å². The number of amides is 2. The first-order valence-electron chi connectivity index (χ1n) is 9.10. The molecule has 1 N–H and O–H groups in total. The van der Waals surface area contributed by atoms with E-state index in [0.29, 0.717) is 5.92 Å². The van der Waals surface area contributed by atoms with Gasteiger partial charge in [0.05, 0.1) is 11.6 Å². The van der Waals surface area contributed by atoms with Gasteiger partial charge in [-0.3, -0.25) is 0 Å². The molecule has 0 bridgehead atoms. The van der Waals surface area contributed by atoms with Crippen molar-refractivity contribution in [3.63, 3.8) is 0 Å². The van der Waals surface area contributed by atoms with Crippen LogP contribution in [0, 0.1) is 5.92 Å². The minimum Gasteiger partial charge on any atom is -0.328 e. The van der Waals surface area contributed by atoms with Gasteiger partial charge < -0.3 is 14.8 Å². The second-order valence-electron chi connectivity index (χ2n) is 7.31. The third kappa shape index (κ3) is 2.51. The fourth-order valence-electron chi connectivity index (χ4n) is 4.64. The van der Waals surface area contributed by atoms with Crippen LogP contribution in [0.3, 0.4) is 0 Å². The number of urea groups is 1. The van der Waals surface area contributed by atoms with Crippen molar-refractivity contribution in [3.8, 4) is 0 Å². The number of hydrogen-bond acceptors (Lipinski definition) is 3. The quantitative estimate of drug-likeness (QED) is 0.935. The summed E-state index contributed by atoms with van der Waals surface area (Å²) in [6.45, 7) is 2.79. The molecular formula is C19H25N5O.